The SMILES string of the molecule is O=C([C@@H]1Cc2ccccc2O1)N1CC2(C1)OCC[C@H]2COCc1ccncc1. The highest BCUT2D eigenvalue weighted by molar-refractivity contribution is 5.83. The van der Waals surface area contributed by atoms with Crippen LogP contribution in [0.1, 0.15) is 17.5 Å². The molecule has 6 nitrogen and oxygen atoms in total. The molecule has 28 heavy (non-hydrogen) atoms. The number of carbonyl (C=O) groups is 1. The lowest BCUT2D eigenvalue weighted by Gasteiger charge is -2.50. The van der Waals surface area contributed by atoms with Gasteiger partial charge in [-0.3, -0.25) is 9.78 Å². The highest BCUT2D eigenvalue weighted by Gasteiger charge is 2.55. The molecule has 2 aromatic rings. The Morgan fingerprint density at radius 2 is 2.04 bits per heavy atom. The average Bonchev–Trinajstić information content (AvgIpc) is 3.31. The van der Waals surface area contributed by atoms with E-state index in [1.807, 2.05) is 41.3 Å². The smallest absolute Gasteiger partial charge is 0.264 e. The topological polar surface area (TPSA) is 60.9 Å². The number of ether oxygens (including phenoxy) is 3. The van der Waals surface area contributed by atoms with E-state index >= 15 is 0 Å². The quantitative estimate of drug-likeness (QED) is 0.796. The Hall–Kier alpha value is -2.44. The Bertz CT molecular complexity index is 826. The maximum absolute atomic E-state index is 12.9. The van der Waals surface area contributed by atoms with Gasteiger partial charge in [0.15, 0.2) is 6.10 Å². The first-order chi connectivity index (χ1) is 13.7. The molecule has 146 valence electrons. The molecule has 0 aliphatic carbocycles. The molecule has 0 saturated carbocycles. The van der Waals surface area contributed by atoms with Crippen LogP contribution in [0.25, 0.3) is 0 Å². The third-order valence-electron chi connectivity index (χ3n) is 6.09. The molecule has 1 aromatic heterocycles. The summed E-state index contributed by atoms with van der Waals surface area (Å²) in [7, 11) is 0. The lowest BCUT2D eigenvalue weighted by Crippen LogP contribution is -2.68. The fourth-order valence-electron chi connectivity index (χ4n) is 4.45. The average molecular weight is 380 g/mol. The molecule has 6 heteroatoms. The minimum absolute atomic E-state index is 0.0637. The zero-order chi connectivity index (χ0) is 19.0. The highest BCUT2D eigenvalue weighted by atomic mass is 16.5. The van der Waals surface area contributed by atoms with Gasteiger partial charge in [-0.2, -0.15) is 0 Å². The number of nitrogens with zero attached hydrogens (tertiary/aromatic N) is 2. The van der Waals surface area contributed by atoms with Crippen LogP contribution in [0, 0.1) is 5.92 Å². The standard InChI is InChI=1S/C22H24N2O4/c25-21(20-11-17-3-1-2-4-19(17)28-20)24-14-22(15-24)18(7-10-27-22)13-26-12-16-5-8-23-9-6-16/h1-6,8-9,18,20H,7,10-15H2/t18-,20-/m0/s1. The van der Waals surface area contributed by atoms with Gasteiger partial charge >= 0.3 is 0 Å². The van der Waals surface area contributed by atoms with E-state index < -0.39 is 6.10 Å². The summed E-state index contributed by atoms with van der Waals surface area (Å²) >= 11 is 0. The zero-order valence-corrected chi connectivity index (χ0v) is 15.8. The second kappa shape index (κ2) is 7.18. The van der Waals surface area contributed by atoms with Gasteiger partial charge in [0.1, 0.15) is 11.4 Å². The molecule has 0 N–H and O–H groups in total. The number of likely N-dealkylation sites (tertiary alicyclic amines) is 1. The first-order valence-electron chi connectivity index (χ1n) is 9.87. The fraction of sp³-hybridized carbons (Fsp3) is 0.455. The minimum atomic E-state index is -0.405. The molecule has 3 aliphatic rings. The molecule has 0 radical (unpaired) electrons. The van der Waals surface area contributed by atoms with Crippen LogP contribution in [0.2, 0.25) is 0 Å². The van der Waals surface area contributed by atoms with Crippen LogP contribution in [0.15, 0.2) is 48.8 Å². The summed E-state index contributed by atoms with van der Waals surface area (Å²) in [6, 6.07) is 11.8. The van der Waals surface area contributed by atoms with Crippen LogP contribution in [0.3, 0.4) is 0 Å². The van der Waals surface area contributed by atoms with Gasteiger partial charge in [0.2, 0.25) is 0 Å². The predicted molar refractivity (Wildman–Crippen MR) is 102 cm³/mol. The maximum Gasteiger partial charge on any atom is 0.264 e. The van der Waals surface area contributed by atoms with E-state index in [1.165, 1.54) is 0 Å². The molecule has 1 aromatic carbocycles. The third-order valence-corrected chi connectivity index (χ3v) is 6.09. The molecule has 1 amide bonds. The maximum atomic E-state index is 12.9. The third kappa shape index (κ3) is 3.16. The molecular weight excluding hydrogens is 356 g/mol. The van der Waals surface area contributed by atoms with Crippen LogP contribution in [-0.2, 0) is 27.3 Å². The van der Waals surface area contributed by atoms with Gasteiger partial charge in [-0.1, -0.05) is 18.2 Å². The van der Waals surface area contributed by atoms with Gasteiger partial charge in [0.05, 0.1) is 26.3 Å². The number of hydrogen-bond donors (Lipinski definition) is 0. The molecule has 0 unspecified atom stereocenters. The van der Waals surface area contributed by atoms with Crippen molar-refractivity contribution < 1.29 is 19.0 Å². The monoisotopic (exact) mass is 380 g/mol. The van der Waals surface area contributed by atoms with Crippen LogP contribution < -0.4 is 4.74 Å². The predicted octanol–water partition coefficient (Wildman–Crippen LogP) is 2.22. The largest absolute Gasteiger partial charge is 0.480 e. The minimum Gasteiger partial charge on any atom is -0.480 e. The summed E-state index contributed by atoms with van der Waals surface area (Å²) in [6.07, 6.45) is 4.77. The molecule has 3 aliphatic heterocycles. The summed E-state index contributed by atoms with van der Waals surface area (Å²) in [6.45, 7) is 3.22. The molecule has 0 bridgehead atoms. The lowest BCUT2D eigenvalue weighted by molar-refractivity contribution is -0.174. The Kier molecular flexibility index (Phi) is 4.53. The number of carbonyl (C=O) groups excluding carboxylic acids is 1. The van der Waals surface area contributed by atoms with Crippen molar-refractivity contribution in [3.63, 3.8) is 0 Å². The summed E-state index contributed by atoms with van der Waals surface area (Å²) in [4.78, 5) is 18.7. The number of fused-ring (bicyclic) bond motifs is 1. The van der Waals surface area contributed by atoms with Gasteiger partial charge in [-0.25, -0.2) is 0 Å². The summed E-state index contributed by atoms with van der Waals surface area (Å²) in [5.74, 6) is 1.21. The summed E-state index contributed by atoms with van der Waals surface area (Å²) in [5, 5.41) is 0. The van der Waals surface area contributed by atoms with Crippen LogP contribution in [-0.4, -0.2) is 53.8 Å². The van der Waals surface area contributed by atoms with E-state index in [0.29, 0.717) is 38.6 Å². The second-order valence-corrected chi connectivity index (χ2v) is 7.88. The summed E-state index contributed by atoms with van der Waals surface area (Å²) < 4.78 is 17.9. The number of hydrogen-bond acceptors (Lipinski definition) is 5. The first-order valence-corrected chi connectivity index (χ1v) is 9.87. The second-order valence-electron chi connectivity index (χ2n) is 7.88. The number of benzene rings is 1. The fourth-order valence-corrected chi connectivity index (χ4v) is 4.45. The molecule has 2 fully saturated rings. The van der Waals surface area contributed by atoms with Crippen molar-refractivity contribution in [2.75, 3.05) is 26.3 Å². The zero-order valence-electron chi connectivity index (χ0n) is 15.8. The van der Waals surface area contributed by atoms with Crippen molar-refractivity contribution in [2.45, 2.75) is 31.2 Å². The Morgan fingerprint density at radius 1 is 1.21 bits per heavy atom. The highest BCUT2D eigenvalue weighted by Crippen LogP contribution is 2.41. The molecule has 4 heterocycles. The van der Waals surface area contributed by atoms with E-state index in [9.17, 15) is 4.79 Å². The number of pyridine rings is 1. The Balaban J connectivity index is 1.14. The molecule has 2 saturated heterocycles. The van der Waals surface area contributed by atoms with Gasteiger partial charge in [-0.15, -0.1) is 0 Å². The Labute approximate surface area is 164 Å². The van der Waals surface area contributed by atoms with E-state index in [4.69, 9.17) is 14.2 Å². The molecular formula is C22H24N2O4. The van der Waals surface area contributed by atoms with Gasteiger partial charge in [0, 0.05) is 31.3 Å². The molecule has 2 atom stereocenters. The van der Waals surface area contributed by atoms with Gasteiger partial charge in [-0.05, 0) is 35.7 Å². The van der Waals surface area contributed by atoms with Crippen molar-refractivity contribution >= 4 is 5.91 Å². The number of para-hydroxylation sites is 1. The van der Waals surface area contributed by atoms with Crippen molar-refractivity contribution in [3.05, 3.63) is 59.9 Å². The van der Waals surface area contributed by atoms with Crippen LogP contribution in [0.4, 0.5) is 0 Å². The van der Waals surface area contributed by atoms with E-state index in [1.54, 1.807) is 12.4 Å². The lowest BCUT2D eigenvalue weighted by atomic mass is 9.81. The molecule has 1 spiro atoms. The van der Waals surface area contributed by atoms with Gasteiger partial charge in [0.25, 0.3) is 5.91 Å². The van der Waals surface area contributed by atoms with E-state index in [0.717, 1.165) is 29.9 Å². The molecule has 5 rings (SSSR count). The van der Waals surface area contributed by atoms with Crippen molar-refractivity contribution in [3.8, 4) is 5.75 Å². The van der Waals surface area contributed by atoms with Crippen molar-refractivity contribution in [1.29, 1.82) is 0 Å². The van der Waals surface area contributed by atoms with Crippen molar-refractivity contribution in [2.24, 2.45) is 5.92 Å². The number of aromatic nitrogens is 1. The van der Waals surface area contributed by atoms with E-state index in [2.05, 4.69) is 4.98 Å². The number of rotatable bonds is 5. The van der Waals surface area contributed by atoms with Crippen LogP contribution >= 0.6 is 0 Å². The van der Waals surface area contributed by atoms with E-state index in [-0.39, 0.29) is 11.5 Å². The normalized spacial score (nSPS) is 24.6. The van der Waals surface area contributed by atoms with Gasteiger partial charge < -0.3 is 19.1 Å². The van der Waals surface area contributed by atoms with Crippen LogP contribution in [0.5, 0.6) is 5.75 Å². The first kappa shape index (κ1) is 17.6. The number of amides is 1. The Morgan fingerprint density at radius 3 is 2.86 bits per heavy atom. The summed E-state index contributed by atoms with van der Waals surface area (Å²) in [5.41, 5.74) is 1.97. The van der Waals surface area contributed by atoms with Crippen molar-refractivity contribution in [1.82, 2.24) is 9.88 Å².